The summed E-state index contributed by atoms with van der Waals surface area (Å²) in [6.45, 7) is 2.88. The first-order valence-corrected chi connectivity index (χ1v) is 11.7. The van der Waals surface area contributed by atoms with Crippen LogP contribution in [0.25, 0.3) is 0 Å². The summed E-state index contributed by atoms with van der Waals surface area (Å²) in [4.78, 5) is 26.5. The van der Waals surface area contributed by atoms with Crippen LogP contribution in [-0.2, 0) is 19.6 Å². The van der Waals surface area contributed by atoms with Gasteiger partial charge >= 0.3 is 0 Å². The molecule has 0 aliphatic heterocycles. The van der Waals surface area contributed by atoms with Crippen LogP contribution in [0, 0.1) is 13.8 Å². The number of amides is 2. The van der Waals surface area contributed by atoms with Crippen molar-refractivity contribution in [2.75, 3.05) is 34.3 Å². The molecule has 30 heavy (non-hydrogen) atoms. The minimum Gasteiger partial charge on any atom is -0.497 e. The maximum atomic E-state index is 13.0. The zero-order chi connectivity index (χ0) is 22.5. The maximum absolute atomic E-state index is 13.0. The van der Waals surface area contributed by atoms with Crippen molar-refractivity contribution in [2.24, 2.45) is 0 Å². The molecule has 1 aromatic carbocycles. The summed E-state index contributed by atoms with van der Waals surface area (Å²) < 4.78 is 32.2. The molecule has 0 spiro atoms. The topological polar surface area (TPSA) is 96.0 Å². The van der Waals surface area contributed by atoms with Crippen LogP contribution in [-0.4, -0.2) is 69.8 Å². The molecule has 0 heterocycles. The summed E-state index contributed by atoms with van der Waals surface area (Å²) in [6.07, 6.45) is 5.39. The average Bonchev–Trinajstić information content (AvgIpc) is 2.71. The van der Waals surface area contributed by atoms with Crippen molar-refractivity contribution < 1.29 is 22.7 Å². The summed E-state index contributed by atoms with van der Waals surface area (Å²) in [5.41, 5.74) is 1.09. The van der Waals surface area contributed by atoms with Gasteiger partial charge in [-0.3, -0.25) is 9.59 Å². The number of carbonyl (C=O) groups is 2. The molecule has 1 aliphatic rings. The SMILES string of the molecule is COc1cc(C)c(S(=O)(=O)N(C)CC(=O)NCC(=O)N(C)C2CCCCC2)c(C)c1. The molecule has 0 radical (unpaired) electrons. The van der Waals surface area contributed by atoms with E-state index in [0.29, 0.717) is 16.9 Å². The number of methoxy groups -OCH3 is 1. The number of nitrogens with one attached hydrogen (secondary N) is 1. The molecule has 1 aliphatic carbocycles. The second kappa shape index (κ2) is 10.3. The lowest BCUT2D eigenvalue weighted by Crippen LogP contribution is -2.46. The molecule has 0 aromatic heterocycles. The molecule has 2 rings (SSSR count). The molecule has 0 bridgehead atoms. The van der Waals surface area contributed by atoms with E-state index in [0.717, 1.165) is 30.0 Å². The molecule has 2 amide bonds. The Morgan fingerprint density at radius 2 is 1.67 bits per heavy atom. The molecular weight excluding hydrogens is 406 g/mol. The molecule has 1 N–H and O–H groups in total. The number of ether oxygens (including phenoxy) is 1. The lowest BCUT2D eigenvalue weighted by molar-refractivity contribution is -0.134. The summed E-state index contributed by atoms with van der Waals surface area (Å²) >= 11 is 0. The molecule has 0 atom stereocenters. The number of rotatable bonds is 8. The van der Waals surface area contributed by atoms with Crippen LogP contribution in [0.15, 0.2) is 17.0 Å². The highest BCUT2D eigenvalue weighted by atomic mass is 32.2. The molecule has 9 heteroatoms. The Kier molecular flexibility index (Phi) is 8.25. The number of hydrogen-bond acceptors (Lipinski definition) is 5. The smallest absolute Gasteiger partial charge is 0.243 e. The van der Waals surface area contributed by atoms with Gasteiger partial charge in [-0.25, -0.2) is 8.42 Å². The molecule has 1 fully saturated rings. The number of sulfonamides is 1. The van der Waals surface area contributed by atoms with E-state index in [2.05, 4.69) is 5.32 Å². The van der Waals surface area contributed by atoms with Gasteiger partial charge in [0.15, 0.2) is 0 Å². The Labute approximate surface area is 179 Å². The molecular formula is C21H33N3O5S. The van der Waals surface area contributed by atoms with E-state index in [4.69, 9.17) is 4.74 Å². The van der Waals surface area contributed by atoms with E-state index in [9.17, 15) is 18.0 Å². The van der Waals surface area contributed by atoms with Crippen molar-refractivity contribution in [2.45, 2.75) is 56.9 Å². The minimum atomic E-state index is -3.87. The monoisotopic (exact) mass is 439 g/mol. The zero-order valence-electron chi connectivity index (χ0n) is 18.5. The predicted molar refractivity (Wildman–Crippen MR) is 115 cm³/mol. The minimum absolute atomic E-state index is 0.139. The van der Waals surface area contributed by atoms with E-state index < -0.39 is 15.9 Å². The van der Waals surface area contributed by atoms with E-state index in [-0.39, 0.29) is 29.9 Å². The quantitative estimate of drug-likeness (QED) is 0.667. The molecule has 168 valence electrons. The zero-order valence-corrected chi connectivity index (χ0v) is 19.3. The fourth-order valence-electron chi connectivity index (χ4n) is 3.91. The predicted octanol–water partition coefficient (Wildman–Crippen LogP) is 1.84. The van der Waals surface area contributed by atoms with Gasteiger partial charge in [0.2, 0.25) is 21.8 Å². The number of likely N-dealkylation sites (N-methyl/N-ethyl adjacent to an activating group) is 2. The highest BCUT2D eigenvalue weighted by molar-refractivity contribution is 7.89. The summed E-state index contributed by atoms with van der Waals surface area (Å²) in [6, 6.07) is 3.51. The van der Waals surface area contributed by atoms with Crippen molar-refractivity contribution in [1.82, 2.24) is 14.5 Å². The standard InChI is InChI=1S/C21H33N3O5S/c1-15-11-18(29-5)12-16(2)21(15)30(27,28)23(3)14-19(25)22-13-20(26)24(4)17-9-7-6-8-10-17/h11-12,17H,6-10,13-14H2,1-5H3,(H,22,25). The van der Waals surface area contributed by atoms with Crippen LogP contribution in [0.4, 0.5) is 0 Å². The Morgan fingerprint density at radius 1 is 1.10 bits per heavy atom. The Morgan fingerprint density at radius 3 is 2.20 bits per heavy atom. The van der Waals surface area contributed by atoms with E-state index in [1.807, 2.05) is 0 Å². The second-order valence-electron chi connectivity index (χ2n) is 7.92. The molecule has 0 unspecified atom stereocenters. The number of nitrogens with zero attached hydrogens (tertiary/aromatic N) is 2. The Balaban J connectivity index is 1.97. The molecule has 1 aromatic rings. The summed E-state index contributed by atoms with van der Waals surface area (Å²) in [5, 5.41) is 2.55. The van der Waals surface area contributed by atoms with Crippen LogP contribution in [0.5, 0.6) is 5.75 Å². The van der Waals surface area contributed by atoms with Gasteiger partial charge in [0.1, 0.15) is 5.75 Å². The van der Waals surface area contributed by atoms with E-state index >= 15 is 0 Å². The third-order valence-electron chi connectivity index (χ3n) is 5.66. The fourth-order valence-corrected chi connectivity index (χ4v) is 5.44. The third kappa shape index (κ3) is 5.72. The van der Waals surface area contributed by atoms with Crippen LogP contribution >= 0.6 is 0 Å². The van der Waals surface area contributed by atoms with E-state index in [1.54, 1.807) is 37.9 Å². The van der Waals surface area contributed by atoms with Gasteiger partial charge in [0.25, 0.3) is 0 Å². The third-order valence-corrected chi connectivity index (χ3v) is 7.77. The van der Waals surface area contributed by atoms with Crippen molar-refractivity contribution in [1.29, 1.82) is 0 Å². The summed E-state index contributed by atoms with van der Waals surface area (Å²) in [7, 11) is 0.764. The van der Waals surface area contributed by atoms with Crippen molar-refractivity contribution in [3.05, 3.63) is 23.3 Å². The number of hydrogen-bond donors (Lipinski definition) is 1. The summed E-state index contributed by atoms with van der Waals surface area (Å²) in [5.74, 6) is -0.108. The first kappa shape index (κ1) is 24.1. The van der Waals surface area contributed by atoms with Crippen molar-refractivity contribution in [3.8, 4) is 5.75 Å². The maximum Gasteiger partial charge on any atom is 0.243 e. The number of carbonyl (C=O) groups excluding carboxylic acids is 2. The van der Waals surface area contributed by atoms with Crippen LogP contribution in [0.1, 0.15) is 43.2 Å². The van der Waals surface area contributed by atoms with Crippen molar-refractivity contribution >= 4 is 21.8 Å². The Hall–Kier alpha value is -2.13. The Bertz CT molecular complexity index is 856. The van der Waals surface area contributed by atoms with Gasteiger partial charge < -0.3 is 15.0 Å². The second-order valence-corrected chi connectivity index (χ2v) is 9.91. The van der Waals surface area contributed by atoms with E-state index in [1.165, 1.54) is 20.6 Å². The molecule has 0 saturated heterocycles. The largest absolute Gasteiger partial charge is 0.497 e. The highest BCUT2D eigenvalue weighted by Crippen LogP contribution is 2.27. The van der Waals surface area contributed by atoms with Gasteiger partial charge in [0.05, 0.1) is 25.1 Å². The van der Waals surface area contributed by atoms with Crippen LogP contribution < -0.4 is 10.1 Å². The average molecular weight is 440 g/mol. The van der Waals surface area contributed by atoms with Gasteiger partial charge in [-0.1, -0.05) is 19.3 Å². The highest BCUT2D eigenvalue weighted by Gasteiger charge is 2.27. The first-order chi connectivity index (χ1) is 14.1. The normalized spacial score (nSPS) is 15.1. The van der Waals surface area contributed by atoms with Gasteiger partial charge in [-0.2, -0.15) is 4.31 Å². The molecule has 8 nitrogen and oxygen atoms in total. The lowest BCUT2D eigenvalue weighted by Gasteiger charge is -2.31. The fraction of sp³-hybridized carbons (Fsp3) is 0.619. The van der Waals surface area contributed by atoms with Crippen molar-refractivity contribution in [3.63, 3.8) is 0 Å². The van der Waals surface area contributed by atoms with Gasteiger partial charge in [0, 0.05) is 20.1 Å². The van der Waals surface area contributed by atoms with Gasteiger partial charge in [-0.05, 0) is 49.9 Å². The lowest BCUT2D eigenvalue weighted by atomic mass is 9.94. The van der Waals surface area contributed by atoms with Crippen LogP contribution in [0.2, 0.25) is 0 Å². The first-order valence-electron chi connectivity index (χ1n) is 10.2. The van der Waals surface area contributed by atoms with Gasteiger partial charge in [-0.15, -0.1) is 0 Å². The molecule has 1 saturated carbocycles. The number of benzene rings is 1. The van der Waals surface area contributed by atoms with Crippen LogP contribution in [0.3, 0.4) is 0 Å². The number of aryl methyl sites for hydroxylation is 2.